The number of aromatic nitrogens is 1. The molecule has 0 unspecified atom stereocenters. The molecule has 0 aliphatic rings. The zero-order valence-electron chi connectivity index (χ0n) is 11.0. The number of nitrogens with zero attached hydrogens (tertiary/aromatic N) is 1. The number of nitrogens with one attached hydrogen (secondary N) is 1. The van der Waals surface area contributed by atoms with Gasteiger partial charge >= 0.3 is 12.1 Å². The summed E-state index contributed by atoms with van der Waals surface area (Å²) in [5.74, 6) is -0.996. The van der Waals surface area contributed by atoms with Crippen LogP contribution < -0.4 is 5.32 Å². The molecule has 0 bridgehead atoms. The summed E-state index contributed by atoms with van der Waals surface area (Å²) in [7, 11) is 0. The molecular formula is C12H16N2O4S. The second-order valence-corrected chi connectivity index (χ2v) is 5.72. The smallest absolute Gasteiger partial charge is 0.407 e. The molecular weight excluding hydrogens is 268 g/mol. The van der Waals surface area contributed by atoms with Gasteiger partial charge in [-0.25, -0.2) is 14.6 Å². The Balaban J connectivity index is 2.38. The van der Waals surface area contributed by atoms with Crippen LogP contribution in [0.15, 0.2) is 12.3 Å². The molecule has 1 heterocycles. The third kappa shape index (κ3) is 6.01. The maximum absolute atomic E-state index is 11.3. The van der Waals surface area contributed by atoms with E-state index < -0.39 is 17.7 Å². The van der Waals surface area contributed by atoms with Crippen LogP contribution in [-0.4, -0.2) is 34.3 Å². The van der Waals surface area contributed by atoms with Gasteiger partial charge < -0.3 is 15.2 Å². The highest BCUT2D eigenvalue weighted by Crippen LogP contribution is 2.13. The summed E-state index contributed by atoms with van der Waals surface area (Å²) in [5.41, 5.74) is -0.528. The highest BCUT2D eigenvalue weighted by molar-refractivity contribution is 7.14. The molecule has 0 aliphatic heterocycles. The lowest BCUT2D eigenvalue weighted by atomic mass is 10.2. The van der Waals surface area contributed by atoms with E-state index in [2.05, 4.69) is 10.3 Å². The summed E-state index contributed by atoms with van der Waals surface area (Å²) >= 11 is 1.07. The predicted octanol–water partition coefficient (Wildman–Crippen LogP) is 2.38. The van der Waals surface area contributed by atoms with Crippen LogP contribution in [0, 0.1) is 0 Å². The van der Waals surface area contributed by atoms with Crippen LogP contribution in [0.25, 0.3) is 6.08 Å². The Hall–Kier alpha value is -1.89. The number of carboxylic acid groups (broad SMARTS) is 1. The van der Waals surface area contributed by atoms with Gasteiger partial charge in [0.2, 0.25) is 0 Å². The Kier molecular flexibility index (Phi) is 5.05. The summed E-state index contributed by atoms with van der Waals surface area (Å²) in [4.78, 5) is 26.0. The summed E-state index contributed by atoms with van der Waals surface area (Å²) in [6, 6.07) is 0. The lowest BCUT2D eigenvalue weighted by molar-refractivity contribution is 0.0533. The largest absolute Gasteiger partial charge is 0.477 e. The molecule has 1 rings (SSSR count). The standard InChI is InChI=1S/C12H16N2O4S/c1-12(2,3)18-11(17)13-6-4-5-9-14-7-8(19-9)10(15)16/h4-5,7H,6H2,1-3H3,(H,13,17)(H,15,16). The van der Waals surface area contributed by atoms with Crippen molar-refractivity contribution in [3.05, 3.63) is 22.2 Å². The maximum atomic E-state index is 11.3. The lowest BCUT2D eigenvalue weighted by Crippen LogP contribution is -2.32. The third-order valence-corrected chi connectivity index (χ3v) is 2.71. The normalized spacial score (nSPS) is 11.5. The molecule has 6 nitrogen and oxygen atoms in total. The molecule has 0 aromatic carbocycles. The first-order chi connectivity index (χ1) is 8.78. The second kappa shape index (κ2) is 6.33. The number of thiazole rings is 1. The Morgan fingerprint density at radius 3 is 2.74 bits per heavy atom. The van der Waals surface area contributed by atoms with Crippen molar-refractivity contribution in [1.82, 2.24) is 10.3 Å². The molecule has 1 aromatic heterocycles. The number of alkyl carbamates (subject to hydrolysis) is 1. The molecule has 19 heavy (non-hydrogen) atoms. The van der Waals surface area contributed by atoms with Gasteiger partial charge in [0.15, 0.2) is 0 Å². The molecule has 0 saturated heterocycles. The number of rotatable bonds is 4. The van der Waals surface area contributed by atoms with Gasteiger partial charge in [0.25, 0.3) is 0 Å². The Bertz CT molecular complexity index is 488. The number of carboxylic acids is 1. The molecule has 2 N–H and O–H groups in total. The SMILES string of the molecule is CC(C)(C)OC(=O)NCC=Cc1ncc(C(=O)O)s1. The Labute approximate surface area is 115 Å². The zero-order valence-corrected chi connectivity index (χ0v) is 11.8. The zero-order chi connectivity index (χ0) is 14.5. The minimum Gasteiger partial charge on any atom is -0.477 e. The topological polar surface area (TPSA) is 88.5 Å². The van der Waals surface area contributed by atoms with E-state index >= 15 is 0 Å². The van der Waals surface area contributed by atoms with Crippen molar-refractivity contribution in [2.75, 3.05) is 6.54 Å². The molecule has 7 heteroatoms. The number of ether oxygens (including phenoxy) is 1. The summed E-state index contributed by atoms with van der Waals surface area (Å²) < 4.78 is 5.05. The fourth-order valence-corrected chi connectivity index (χ4v) is 1.77. The van der Waals surface area contributed by atoms with Gasteiger partial charge in [-0.15, -0.1) is 11.3 Å². The van der Waals surface area contributed by atoms with E-state index in [1.165, 1.54) is 6.20 Å². The van der Waals surface area contributed by atoms with Gasteiger partial charge in [-0.1, -0.05) is 6.08 Å². The summed E-state index contributed by atoms with van der Waals surface area (Å²) in [5, 5.41) is 11.8. The molecule has 0 saturated carbocycles. The van der Waals surface area contributed by atoms with Crippen LogP contribution in [0.1, 0.15) is 35.5 Å². The van der Waals surface area contributed by atoms with Crippen molar-refractivity contribution in [1.29, 1.82) is 0 Å². The van der Waals surface area contributed by atoms with E-state index in [-0.39, 0.29) is 11.4 Å². The highest BCUT2D eigenvalue weighted by atomic mass is 32.1. The molecule has 1 aromatic rings. The number of carbonyl (C=O) groups is 2. The van der Waals surface area contributed by atoms with Crippen LogP contribution in [0.3, 0.4) is 0 Å². The molecule has 0 radical (unpaired) electrons. The first-order valence-electron chi connectivity index (χ1n) is 5.60. The molecule has 0 aliphatic carbocycles. The van der Waals surface area contributed by atoms with Crippen molar-refractivity contribution in [2.45, 2.75) is 26.4 Å². The fourth-order valence-electron chi connectivity index (χ4n) is 1.08. The average Bonchev–Trinajstić information content (AvgIpc) is 2.70. The van der Waals surface area contributed by atoms with Crippen molar-refractivity contribution >= 4 is 29.5 Å². The number of carbonyl (C=O) groups excluding carboxylic acids is 1. The van der Waals surface area contributed by atoms with Gasteiger partial charge in [0.1, 0.15) is 15.5 Å². The fraction of sp³-hybridized carbons (Fsp3) is 0.417. The molecule has 104 valence electrons. The molecule has 0 atom stereocenters. The van der Waals surface area contributed by atoms with Gasteiger partial charge in [-0.05, 0) is 26.8 Å². The molecule has 0 fully saturated rings. The van der Waals surface area contributed by atoms with Gasteiger partial charge in [-0.2, -0.15) is 0 Å². The van der Waals surface area contributed by atoms with Crippen molar-refractivity contribution in [3.63, 3.8) is 0 Å². The minimum atomic E-state index is -0.996. The third-order valence-electron chi connectivity index (χ3n) is 1.76. The summed E-state index contributed by atoms with van der Waals surface area (Å²) in [6.07, 6.45) is 4.12. The monoisotopic (exact) mass is 284 g/mol. The Morgan fingerprint density at radius 1 is 1.53 bits per heavy atom. The van der Waals surface area contributed by atoms with Gasteiger partial charge in [0.05, 0.1) is 6.20 Å². The Morgan fingerprint density at radius 2 is 2.21 bits per heavy atom. The van der Waals surface area contributed by atoms with Gasteiger partial charge in [0, 0.05) is 6.54 Å². The predicted molar refractivity (Wildman–Crippen MR) is 72.3 cm³/mol. The van der Waals surface area contributed by atoms with Crippen molar-refractivity contribution in [2.24, 2.45) is 0 Å². The first kappa shape index (κ1) is 15.2. The van der Waals surface area contributed by atoms with Crippen LogP contribution in [-0.2, 0) is 4.74 Å². The quantitative estimate of drug-likeness (QED) is 0.886. The van der Waals surface area contributed by atoms with Crippen LogP contribution in [0.2, 0.25) is 0 Å². The van der Waals surface area contributed by atoms with E-state index in [0.29, 0.717) is 5.01 Å². The number of amides is 1. The van der Waals surface area contributed by atoms with Crippen molar-refractivity contribution in [3.8, 4) is 0 Å². The van der Waals surface area contributed by atoms with Gasteiger partial charge in [-0.3, -0.25) is 0 Å². The van der Waals surface area contributed by atoms with Crippen molar-refractivity contribution < 1.29 is 19.4 Å². The average molecular weight is 284 g/mol. The number of aromatic carboxylic acids is 1. The van der Waals surface area contributed by atoms with E-state index in [0.717, 1.165) is 11.3 Å². The van der Waals surface area contributed by atoms with E-state index in [1.807, 2.05) is 0 Å². The highest BCUT2D eigenvalue weighted by Gasteiger charge is 2.15. The summed E-state index contributed by atoms with van der Waals surface area (Å²) in [6.45, 7) is 5.64. The lowest BCUT2D eigenvalue weighted by Gasteiger charge is -2.19. The van der Waals surface area contributed by atoms with Crippen LogP contribution >= 0.6 is 11.3 Å². The minimum absolute atomic E-state index is 0.180. The van der Waals surface area contributed by atoms with E-state index in [1.54, 1.807) is 32.9 Å². The van der Waals surface area contributed by atoms with E-state index in [9.17, 15) is 9.59 Å². The maximum Gasteiger partial charge on any atom is 0.407 e. The van der Waals surface area contributed by atoms with Crippen LogP contribution in [0.5, 0.6) is 0 Å². The molecule has 1 amide bonds. The second-order valence-electron chi connectivity index (χ2n) is 4.65. The number of hydrogen-bond donors (Lipinski definition) is 2. The molecule has 0 spiro atoms. The van der Waals surface area contributed by atoms with E-state index in [4.69, 9.17) is 9.84 Å². The number of hydrogen-bond acceptors (Lipinski definition) is 5. The van der Waals surface area contributed by atoms with Crippen LogP contribution in [0.4, 0.5) is 4.79 Å². The first-order valence-corrected chi connectivity index (χ1v) is 6.42.